The van der Waals surface area contributed by atoms with Crippen molar-refractivity contribution in [3.63, 3.8) is 0 Å². The molecule has 4 aromatic heterocycles. The van der Waals surface area contributed by atoms with Gasteiger partial charge in [-0.1, -0.05) is 253 Å². The fourth-order valence-electron chi connectivity index (χ4n) is 12.5. The van der Waals surface area contributed by atoms with Gasteiger partial charge in [0.25, 0.3) is 0 Å². The molecule has 0 radical (unpaired) electrons. The van der Waals surface area contributed by atoms with Gasteiger partial charge >= 0.3 is 47.5 Å². The number of aromatic nitrogens is 4. The molecule has 0 saturated carbocycles. The average Bonchev–Trinajstić information content (AvgIpc) is 1.67. The number of carbonyl (C=O) groups excluding carboxylic acids is 4. The van der Waals surface area contributed by atoms with Gasteiger partial charge in [-0.05, 0) is 261 Å². The first-order valence-electron chi connectivity index (χ1n) is 40.3. The Kier molecular flexibility index (Phi) is 42.0. The number of carboxylic acid groups (broad SMARTS) is 1. The van der Waals surface area contributed by atoms with Crippen molar-refractivity contribution in [3.05, 3.63) is 332 Å². The zero-order chi connectivity index (χ0) is 89.9. The SMILES string of the molecule is C.C=CC(=O)OCC.CC(=O)c1cccc(C(C)(C)C)c1.CC(C)(C)c1cccc(-c2cc3cc(/C=C/C(=O)O)ccc3[nH]2)c1.CC(C)(C)c1cccc(-c2cc3cc(Br)ccc3[nH]2)c1.CC(C)(C)c1cccc(-c2cc3cc(C=O)ccc3[nH]2)c1.CCOC(=O)/C=C/c1ccc2[nH]c(-c3cccc(C(C)(C)C)c3)cc2c1.Cl.NNc1ccc(Br)cc1.[NH-]O.[Na+]. The second-order valence-electron chi connectivity index (χ2n) is 34.2. The van der Waals surface area contributed by atoms with Gasteiger partial charge in [0.2, 0.25) is 0 Å². The summed E-state index contributed by atoms with van der Waals surface area (Å²) in [5.74, 6) is 8.40. The number of halogens is 3. The molecule has 16 nitrogen and oxygen atoms in total. The summed E-state index contributed by atoms with van der Waals surface area (Å²) >= 11 is 6.83. The number of fused-ring (bicyclic) bond motifs is 4. The summed E-state index contributed by atoms with van der Waals surface area (Å²) in [6, 6.07) is 82.6. The van der Waals surface area contributed by atoms with Crippen LogP contribution in [0, 0.1) is 0 Å². The fourth-order valence-corrected chi connectivity index (χ4v) is 13.2. The van der Waals surface area contributed by atoms with Crippen molar-refractivity contribution < 1.29 is 73.3 Å². The summed E-state index contributed by atoms with van der Waals surface area (Å²) in [4.78, 5) is 68.0. The summed E-state index contributed by atoms with van der Waals surface area (Å²) in [5.41, 5.74) is 27.4. The Balaban J connectivity index is 0.000000313. The van der Waals surface area contributed by atoms with Crippen LogP contribution in [0.1, 0.15) is 192 Å². The van der Waals surface area contributed by atoms with E-state index in [1.807, 2.05) is 91.0 Å². The summed E-state index contributed by atoms with van der Waals surface area (Å²) in [5, 5.41) is 19.5. The average molecular weight is 1840 g/mol. The van der Waals surface area contributed by atoms with Crippen LogP contribution in [0.3, 0.4) is 0 Å². The Morgan fingerprint density at radius 2 is 0.728 bits per heavy atom. The third kappa shape index (κ3) is 33.3. The number of hydrogen-bond donors (Lipinski definition) is 8. The molecule has 20 heteroatoms. The Morgan fingerprint density at radius 1 is 0.424 bits per heavy atom. The molecule has 0 amide bonds. The second kappa shape index (κ2) is 49.2. The van der Waals surface area contributed by atoms with E-state index in [0.29, 0.717) is 18.8 Å². The molecule has 0 bridgehead atoms. The number of carboxylic acids is 1. The van der Waals surface area contributed by atoms with Gasteiger partial charge < -0.3 is 51.0 Å². The van der Waals surface area contributed by atoms with Crippen molar-refractivity contribution in [1.82, 2.24) is 19.9 Å². The number of aromatic amines is 4. The van der Waals surface area contributed by atoms with Crippen LogP contribution in [-0.2, 0) is 50.9 Å². The van der Waals surface area contributed by atoms with E-state index in [-0.39, 0.29) is 94.2 Å². The van der Waals surface area contributed by atoms with Crippen molar-refractivity contribution in [3.8, 4) is 45.0 Å². The number of hydrogen-bond acceptors (Lipinski definition) is 10. The Hall–Kier alpha value is -10.7. The van der Waals surface area contributed by atoms with Crippen LogP contribution in [-0.4, -0.2) is 73.4 Å². The fraction of sp³-hybridized carbons (Fsp3) is 0.248. The van der Waals surface area contributed by atoms with E-state index in [0.717, 1.165) is 105 Å². The number of H-pyrrole nitrogens is 4. The predicted octanol–water partition coefficient (Wildman–Crippen LogP) is 25.9. The Bertz CT molecular complexity index is 5940. The molecule has 14 rings (SSSR count). The number of aldehydes is 1. The predicted molar refractivity (Wildman–Crippen MR) is 529 cm³/mol. The van der Waals surface area contributed by atoms with Gasteiger partial charge in [0.1, 0.15) is 6.29 Å². The van der Waals surface area contributed by atoms with Crippen molar-refractivity contribution in [2.75, 3.05) is 18.6 Å². The minimum atomic E-state index is -0.941. The van der Waals surface area contributed by atoms with Crippen molar-refractivity contribution >= 4 is 136 Å². The molecule has 0 spiro atoms. The molecule has 4 heterocycles. The number of ketones is 1. The monoisotopic (exact) mass is 1840 g/mol. The molecule has 0 unspecified atom stereocenters. The van der Waals surface area contributed by atoms with E-state index < -0.39 is 5.97 Å². The molecule has 0 fully saturated rings. The molecule has 652 valence electrons. The number of Topliss-reactive ketones (excluding diaryl/α,β-unsaturated/α-hetero) is 1. The zero-order valence-corrected chi connectivity index (χ0v) is 80.7. The van der Waals surface area contributed by atoms with Crippen LogP contribution in [0.4, 0.5) is 5.69 Å². The smallest absolute Gasteiger partial charge is 0.553 e. The minimum Gasteiger partial charge on any atom is -0.553 e. The van der Waals surface area contributed by atoms with Gasteiger partial charge in [-0.2, -0.15) is 0 Å². The van der Waals surface area contributed by atoms with Crippen LogP contribution in [0.25, 0.3) is 107 Å². The van der Waals surface area contributed by atoms with Crippen LogP contribution in [0.2, 0.25) is 0 Å². The molecule has 10 aromatic carbocycles. The molecular formula is C105H121Br2ClN7NaO9. The summed E-state index contributed by atoms with van der Waals surface area (Å²) in [6.45, 7) is 42.3. The molecule has 125 heavy (non-hydrogen) atoms. The van der Waals surface area contributed by atoms with E-state index in [4.69, 9.17) is 26.8 Å². The summed E-state index contributed by atoms with van der Waals surface area (Å²) in [6.07, 6.45) is 8.03. The van der Waals surface area contributed by atoms with E-state index >= 15 is 0 Å². The van der Waals surface area contributed by atoms with Crippen LogP contribution in [0.5, 0.6) is 0 Å². The normalized spacial score (nSPS) is 11.0. The first kappa shape index (κ1) is 107. The number of anilines is 1. The standard InChI is InChI=1S/C23H25NO2.C21H21NO2.C19H19NO.C18H18BrN.C12H16O.C6H7BrN2.C5H8O2.CH4.ClH.H2NO.Na/c1-5-26-22(25)12-10-16-9-11-20-18(13-16)15-21(24-20)17-7-6-8-19(14-17)23(2,3)4;1-21(2,3)17-6-4-5-15(12-17)19-13-16-11-14(8-10-20(23)24)7-9-18(16)22-19;1-19(2,3)16-6-4-5-14(10-16)18-11-15-9-13(12-21)7-8-17(15)20-18;1-18(2,3)14-6-4-5-12(9-14)17-11-13-10-15(19)7-8-16(13)20-17;1-9(13)10-6-5-7-11(8-10)12(2,3)4;7-5-1-3-6(9-8)4-2-5;1-3-5(6)7-4-2;;;1-2;/h6-15,24H,5H2,1-4H3;4-13,22H,1-3H3,(H,23,24);4-12,20H,1-3H3;4-11,20H,1-3H3;5-8H,1-4H3;1-4,9H,8H2;3H,1,4H2,2H3;1H4;1H;1-2H;/q;;;;;;;;;-1;+1/b12-10+;10-8+;;;;;;;;;. The molecule has 0 aliphatic heterocycles. The number of nitrogens with one attached hydrogen (secondary N) is 6. The zero-order valence-electron chi connectivity index (χ0n) is 74.7. The van der Waals surface area contributed by atoms with Gasteiger partial charge in [-0.3, -0.25) is 15.4 Å². The van der Waals surface area contributed by atoms with E-state index in [2.05, 4.69) is 324 Å². The number of ether oxygens (including phenoxy) is 2. The van der Waals surface area contributed by atoms with Crippen LogP contribution >= 0.6 is 44.3 Å². The molecule has 14 aromatic rings. The Morgan fingerprint density at radius 3 is 1.04 bits per heavy atom. The number of esters is 2. The second-order valence-corrected chi connectivity index (χ2v) is 36.0. The molecule has 0 atom stereocenters. The number of nitrogen functional groups attached to an aromatic ring is 1. The van der Waals surface area contributed by atoms with Gasteiger partial charge in [0, 0.05) is 110 Å². The molecule has 10 N–H and O–H groups in total. The number of aliphatic carboxylic acids is 1. The number of rotatable bonds is 14. The van der Waals surface area contributed by atoms with Crippen molar-refractivity contribution in [1.29, 1.82) is 0 Å². The maximum Gasteiger partial charge on any atom is 1.00 e. The largest absolute Gasteiger partial charge is 1.00 e. The molecular weight excluding hydrogens is 1720 g/mol. The molecule has 0 aliphatic rings. The maximum absolute atomic E-state index is 11.5. The van der Waals surface area contributed by atoms with Gasteiger partial charge in [-0.25, -0.2) is 14.4 Å². The molecule has 0 aliphatic carbocycles. The summed E-state index contributed by atoms with van der Waals surface area (Å²) in [7, 11) is 0. The van der Waals surface area contributed by atoms with Gasteiger partial charge in [0.15, 0.2) is 5.78 Å². The quantitative estimate of drug-likeness (QED) is 0.00964. The van der Waals surface area contributed by atoms with Crippen molar-refractivity contribution in [2.24, 2.45) is 5.84 Å². The van der Waals surface area contributed by atoms with Gasteiger partial charge in [-0.15, -0.1) is 12.4 Å². The number of hydrazine groups is 1. The van der Waals surface area contributed by atoms with E-state index in [1.54, 1.807) is 32.9 Å². The van der Waals surface area contributed by atoms with Gasteiger partial charge in [0.05, 0.1) is 13.2 Å². The number of carbonyl (C=O) groups is 5. The van der Waals surface area contributed by atoms with Crippen molar-refractivity contribution in [2.45, 2.75) is 159 Å². The third-order valence-corrected chi connectivity index (χ3v) is 20.5. The topological polar surface area (TPSA) is 269 Å². The third-order valence-electron chi connectivity index (χ3n) is 19.5. The van der Waals surface area contributed by atoms with E-state index in [9.17, 15) is 24.0 Å². The number of benzene rings is 10. The van der Waals surface area contributed by atoms with Crippen LogP contribution < -0.4 is 40.8 Å². The molecule has 0 saturated heterocycles. The van der Waals surface area contributed by atoms with Crippen LogP contribution in [0.15, 0.2) is 276 Å². The first-order chi connectivity index (χ1) is 57.6. The minimum absolute atomic E-state index is 0. The van der Waals surface area contributed by atoms with E-state index in [1.165, 1.54) is 67.2 Å². The number of nitrogens with two attached hydrogens (primary N) is 1. The Labute approximate surface area is 783 Å². The first-order valence-corrected chi connectivity index (χ1v) is 41.9. The summed E-state index contributed by atoms with van der Waals surface area (Å²) < 4.78 is 11.5. The maximum atomic E-state index is 11.5.